The van der Waals surface area contributed by atoms with Gasteiger partial charge in [-0.2, -0.15) is 0 Å². The van der Waals surface area contributed by atoms with Crippen molar-refractivity contribution in [1.82, 2.24) is 9.88 Å². The van der Waals surface area contributed by atoms with E-state index in [1.54, 1.807) is 42.7 Å². The number of aromatic nitrogens is 1. The maximum atomic E-state index is 14.3. The summed E-state index contributed by atoms with van der Waals surface area (Å²) >= 11 is 3.41. The number of amides is 1. The number of ether oxygens (including phenoxy) is 1. The van der Waals surface area contributed by atoms with E-state index in [2.05, 4.69) is 20.9 Å². The van der Waals surface area contributed by atoms with Crippen molar-refractivity contribution in [2.24, 2.45) is 0 Å². The number of pyridine rings is 1. The topological polar surface area (TPSA) is 79.7 Å². The highest BCUT2D eigenvalue weighted by Gasteiger charge is 2.46. The van der Waals surface area contributed by atoms with Gasteiger partial charge in [0.15, 0.2) is 11.6 Å². The molecule has 2 aromatic carbocycles. The molecule has 1 fully saturated rings. The second-order valence-corrected chi connectivity index (χ2v) is 8.10. The molecular weight excluding hydrogens is 479 g/mol. The molecule has 8 heteroatoms. The van der Waals surface area contributed by atoms with E-state index in [-0.39, 0.29) is 23.4 Å². The summed E-state index contributed by atoms with van der Waals surface area (Å²) in [6.07, 6.45) is 3.19. The number of halogens is 2. The zero-order valence-corrected chi connectivity index (χ0v) is 18.5. The molecule has 6 nitrogen and oxygen atoms in total. The summed E-state index contributed by atoms with van der Waals surface area (Å²) < 4.78 is 19.9. The molecule has 0 bridgehead atoms. The molecule has 1 saturated heterocycles. The Balaban J connectivity index is 1.87. The lowest BCUT2D eigenvalue weighted by Crippen LogP contribution is -2.29. The van der Waals surface area contributed by atoms with Crippen LogP contribution in [0.5, 0.6) is 5.75 Å². The van der Waals surface area contributed by atoms with Crippen molar-refractivity contribution in [2.45, 2.75) is 12.6 Å². The van der Waals surface area contributed by atoms with E-state index in [0.717, 1.165) is 16.1 Å². The maximum Gasteiger partial charge on any atom is 0.295 e. The molecule has 2 heterocycles. The van der Waals surface area contributed by atoms with E-state index in [1.165, 1.54) is 24.1 Å². The number of ketones is 1. The Hall–Kier alpha value is -3.52. The van der Waals surface area contributed by atoms with Crippen LogP contribution in [0.15, 0.2) is 77.0 Å². The lowest BCUT2D eigenvalue weighted by atomic mass is 9.95. The Morgan fingerprint density at radius 2 is 1.91 bits per heavy atom. The standard InChI is InChI=1S/C24H18BrFN2O4/c1-32-19-6-5-16(12-18(19)26)22(29)20-21(15-3-2-4-17(25)11-15)28(24(31)23(20)30)13-14-7-9-27-10-8-14/h2-12,21,29H,13H2,1H3/t21-/m1/s1. The molecule has 1 amide bonds. The highest BCUT2D eigenvalue weighted by atomic mass is 79.9. The third kappa shape index (κ3) is 4.01. The summed E-state index contributed by atoms with van der Waals surface area (Å²) in [5.74, 6) is -2.73. The molecule has 0 radical (unpaired) electrons. The summed E-state index contributed by atoms with van der Waals surface area (Å²) in [6, 6.07) is 13.6. The van der Waals surface area contributed by atoms with Gasteiger partial charge in [-0.3, -0.25) is 14.6 Å². The fourth-order valence-corrected chi connectivity index (χ4v) is 4.14. The minimum absolute atomic E-state index is 0.00299. The molecule has 1 aliphatic heterocycles. The molecule has 0 spiro atoms. The maximum absolute atomic E-state index is 14.3. The van der Waals surface area contributed by atoms with Gasteiger partial charge in [0, 0.05) is 29.0 Å². The van der Waals surface area contributed by atoms with Crippen LogP contribution in [0.1, 0.15) is 22.7 Å². The average molecular weight is 497 g/mol. The van der Waals surface area contributed by atoms with Crippen molar-refractivity contribution < 1.29 is 23.8 Å². The van der Waals surface area contributed by atoms with Gasteiger partial charge < -0.3 is 14.7 Å². The highest BCUT2D eigenvalue weighted by Crippen LogP contribution is 2.41. The Morgan fingerprint density at radius 1 is 1.16 bits per heavy atom. The van der Waals surface area contributed by atoms with Crippen LogP contribution in [0.3, 0.4) is 0 Å². The first kappa shape index (κ1) is 21.7. The fraction of sp³-hybridized carbons (Fsp3) is 0.125. The molecular formula is C24H18BrFN2O4. The van der Waals surface area contributed by atoms with Gasteiger partial charge in [-0.1, -0.05) is 28.1 Å². The minimum atomic E-state index is -0.856. The summed E-state index contributed by atoms with van der Waals surface area (Å²) in [6.45, 7) is 0.137. The second kappa shape index (κ2) is 8.92. The summed E-state index contributed by atoms with van der Waals surface area (Å²) in [7, 11) is 1.33. The Bertz CT molecular complexity index is 1230. The monoisotopic (exact) mass is 496 g/mol. The van der Waals surface area contributed by atoms with Crippen molar-refractivity contribution in [3.63, 3.8) is 0 Å². The van der Waals surface area contributed by atoms with Crippen LogP contribution in [0.4, 0.5) is 4.39 Å². The molecule has 1 aliphatic rings. The SMILES string of the molecule is COc1ccc(C(O)=C2C(=O)C(=O)N(Cc3ccncc3)[C@@H]2c2cccc(Br)c2)cc1F. The number of carbonyl (C=O) groups is 2. The fourth-order valence-electron chi connectivity index (χ4n) is 3.72. The number of Topliss-reactive ketones (excluding diaryl/α,β-unsaturated/α-hetero) is 1. The average Bonchev–Trinajstić information content (AvgIpc) is 3.04. The number of hydrogen-bond donors (Lipinski definition) is 1. The van der Waals surface area contributed by atoms with Crippen LogP contribution in [0.25, 0.3) is 5.76 Å². The van der Waals surface area contributed by atoms with Crippen molar-refractivity contribution >= 4 is 33.4 Å². The van der Waals surface area contributed by atoms with Crippen LogP contribution < -0.4 is 4.74 Å². The molecule has 4 rings (SSSR count). The number of nitrogens with zero attached hydrogens (tertiary/aromatic N) is 2. The molecule has 3 aromatic rings. The normalized spacial score (nSPS) is 17.6. The lowest BCUT2D eigenvalue weighted by molar-refractivity contribution is -0.140. The first-order valence-electron chi connectivity index (χ1n) is 9.67. The van der Waals surface area contributed by atoms with Crippen LogP contribution >= 0.6 is 15.9 Å². The third-order valence-corrected chi connectivity index (χ3v) is 5.73. The summed E-state index contributed by atoms with van der Waals surface area (Å²) in [4.78, 5) is 31.4. The van der Waals surface area contributed by atoms with E-state index in [1.807, 2.05) is 6.07 Å². The molecule has 1 N–H and O–H groups in total. The zero-order chi connectivity index (χ0) is 22.8. The van der Waals surface area contributed by atoms with Gasteiger partial charge >= 0.3 is 0 Å². The Morgan fingerprint density at radius 3 is 2.56 bits per heavy atom. The van der Waals surface area contributed by atoms with Crippen LogP contribution in [0.2, 0.25) is 0 Å². The first-order valence-corrected chi connectivity index (χ1v) is 10.5. The van der Waals surface area contributed by atoms with Crippen molar-refractivity contribution in [3.8, 4) is 5.75 Å². The van der Waals surface area contributed by atoms with Crippen LogP contribution in [-0.2, 0) is 16.1 Å². The minimum Gasteiger partial charge on any atom is -0.507 e. The van der Waals surface area contributed by atoms with E-state index >= 15 is 0 Å². The number of rotatable bonds is 5. The van der Waals surface area contributed by atoms with Crippen LogP contribution in [0, 0.1) is 5.82 Å². The number of aliphatic hydroxyl groups is 1. The summed E-state index contributed by atoms with van der Waals surface area (Å²) in [5.41, 5.74) is 1.37. The Labute approximate surface area is 192 Å². The molecule has 0 saturated carbocycles. The number of methoxy groups -OCH3 is 1. The first-order chi connectivity index (χ1) is 15.4. The van der Waals surface area contributed by atoms with E-state index < -0.39 is 29.3 Å². The van der Waals surface area contributed by atoms with Gasteiger partial charge in [0.25, 0.3) is 11.7 Å². The van der Waals surface area contributed by atoms with Gasteiger partial charge in [0.05, 0.1) is 18.7 Å². The number of benzene rings is 2. The van der Waals surface area contributed by atoms with Gasteiger partial charge in [-0.15, -0.1) is 0 Å². The molecule has 0 aliphatic carbocycles. The van der Waals surface area contributed by atoms with Crippen molar-refractivity contribution in [1.29, 1.82) is 0 Å². The van der Waals surface area contributed by atoms with Gasteiger partial charge in [0.1, 0.15) is 5.76 Å². The van der Waals surface area contributed by atoms with Crippen LogP contribution in [-0.4, -0.2) is 33.8 Å². The number of carbonyl (C=O) groups excluding carboxylic acids is 2. The van der Waals surface area contributed by atoms with Gasteiger partial charge in [-0.25, -0.2) is 4.39 Å². The largest absolute Gasteiger partial charge is 0.507 e. The second-order valence-electron chi connectivity index (χ2n) is 7.19. The molecule has 0 unspecified atom stereocenters. The highest BCUT2D eigenvalue weighted by molar-refractivity contribution is 9.10. The number of aliphatic hydroxyl groups excluding tert-OH is 1. The van der Waals surface area contributed by atoms with Gasteiger partial charge in [0.2, 0.25) is 0 Å². The smallest absolute Gasteiger partial charge is 0.295 e. The molecule has 1 aromatic heterocycles. The van der Waals surface area contributed by atoms with E-state index in [0.29, 0.717) is 5.56 Å². The number of hydrogen-bond acceptors (Lipinski definition) is 5. The van der Waals surface area contributed by atoms with Gasteiger partial charge in [-0.05, 0) is 53.6 Å². The zero-order valence-electron chi connectivity index (χ0n) is 17.0. The van der Waals surface area contributed by atoms with Crippen molar-refractivity contribution in [2.75, 3.05) is 7.11 Å². The van der Waals surface area contributed by atoms with E-state index in [9.17, 15) is 19.1 Å². The summed E-state index contributed by atoms with van der Waals surface area (Å²) in [5, 5.41) is 11.0. The molecule has 1 atom stereocenters. The predicted octanol–water partition coefficient (Wildman–Crippen LogP) is 4.61. The third-order valence-electron chi connectivity index (χ3n) is 5.23. The molecule has 162 valence electrons. The van der Waals surface area contributed by atoms with E-state index in [4.69, 9.17) is 4.74 Å². The molecule has 32 heavy (non-hydrogen) atoms. The predicted molar refractivity (Wildman–Crippen MR) is 119 cm³/mol. The Kier molecular flexibility index (Phi) is 6.05. The lowest BCUT2D eigenvalue weighted by Gasteiger charge is -2.25. The number of likely N-dealkylation sites (tertiary alicyclic amines) is 1. The van der Waals surface area contributed by atoms with Crippen molar-refractivity contribution in [3.05, 3.63) is 99.5 Å². The quantitative estimate of drug-likeness (QED) is 0.317.